The minimum absolute atomic E-state index is 0.136. The number of amides is 1. The van der Waals surface area contributed by atoms with Gasteiger partial charge in [0, 0.05) is 42.7 Å². The molecular weight excluding hydrogens is 342 g/mol. The highest BCUT2D eigenvalue weighted by Gasteiger charge is 2.22. The number of carbonyl (C=O) groups excluding carboxylic acids is 2. The molecule has 0 spiro atoms. The lowest BCUT2D eigenvalue weighted by Crippen LogP contribution is -2.37. The molecule has 0 bridgehead atoms. The number of nitrogens with zero attached hydrogens (tertiary/aromatic N) is 2. The standard InChI is InChI=1S/C21H33N3O3/c1-5-24-16(3)18(20(17(24)4)21(26)27-6-2)10-11-19(25)22-12-15-23-13-8-7-9-14-23/h10-11H,5-9,12-15H2,1-4H3,(H,22,25)/b11-10+. The molecule has 1 aliphatic rings. The highest BCUT2D eigenvalue weighted by atomic mass is 16.5. The van der Waals surface area contributed by atoms with Gasteiger partial charge in [-0.2, -0.15) is 0 Å². The fourth-order valence-electron chi connectivity index (χ4n) is 3.79. The maximum Gasteiger partial charge on any atom is 0.340 e. The zero-order chi connectivity index (χ0) is 19.8. The summed E-state index contributed by atoms with van der Waals surface area (Å²) in [5, 5.41) is 2.94. The predicted molar refractivity (Wildman–Crippen MR) is 108 cm³/mol. The number of piperidine rings is 1. The summed E-state index contributed by atoms with van der Waals surface area (Å²) in [7, 11) is 0. The lowest BCUT2D eigenvalue weighted by Gasteiger charge is -2.26. The average Bonchev–Trinajstić information content (AvgIpc) is 2.90. The Morgan fingerprint density at radius 1 is 1.11 bits per heavy atom. The molecule has 1 aromatic heterocycles. The van der Waals surface area contributed by atoms with Crippen LogP contribution in [-0.4, -0.2) is 54.1 Å². The predicted octanol–water partition coefficient (Wildman–Crippen LogP) is 2.92. The third-order valence-electron chi connectivity index (χ3n) is 5.20. The molecule has 0 unspecified atom stereocenters. The van der Waals surface area contributed by atoms with Crippen molar-refractivity contribution in [2.75, 3.05) is 32.8 Å². The summed E-state index contributed by atoms with van der Waals surface area (Å²) in [6.07, 6.45) is 7.05. The minimum Gasteiger partial charge on any atom is -0.462 e. The van der Waals surface area contributed by atoms with E-state index in [2.05, 4.69) is 14.8 Å². The van der Waals surface area contributed by atoms with E-state index < -0.39 is 0 Å². The van der Waals surface area contributed by atoms with Gasteiger partial charge in [-0.3, -0.25) is 4.79 Å². The first-order chi connectivity index (χ1) is 13.0. The maximum atomic E-state index is 12.4. The smallest absolute Gasteiger partial charge is 0.340 e. The fraction of sp³-hybridized carbons (Fsp3) is 0.619. The highest BCUT2D eigenvalue weighted by molar-refractivity contribution is 5.98. The van der Waals surface area contributed by atoms with Crippen LogP contribution in [0.5, 0.6) is 0 Å². The monoisotopic (exact) mass is 375 g/mol. The lowest BCUT2D eigenvalue weighted by molar-refractivity contribution is -0.116. The van der Waals surface area contributed by atoms with Crippen LogP contribution in [0.2, 0.25) is 0 Å². The van der Waals surface area contributed by atoms with Gasteiger partial charge in [0.05, 0.1) is 12.2 Å². The summed E-state index contributed by atoms with van der Waals surface area (Å²) < 4.78 is 7.28. The summed E-state index contributed by atoms with van der Waals surface area (Å²) in [5.41, 5.74) is 3.15. The van der Waals surface area contributed by atoms with Crippen molar-refractivity contribution in [2.45, 2.75) is 53.5 Å². The van der Waals surface area contributed by atoms with E-state index in [4.69, 9.17) is 4.74 Å². The Hall–Kier alpha value is -2.08. The molecule has 1 saturated heterocycles. The van der Waals surface area contributed by atoms with Gasteiger partial charge >= 0.3 is 5.97 Å². The first-order valence-corrected chi connectivity index (χ1v) is 10.0. The van der Waals surface area contributed by atoms with Gasteiger partial charge in [-0.1, -0.05) is 6.42 Å². The molecule has 1 amide bonds. The first-order valence-electron chi connectivity index (χ1n) is 10.0. The molecule has 1 aromatic rings. The van der Waals surface area contributed by atoms with Crippen LogP contribution in [-0.2, 0) is 16.1 Å². The third kappa shape index (κ3) is 5.45. The molecule has 1 aliphatic heterocycles. The van der Waals surface area contributed by atoms with E-state index in [1.165, 1.54) is 25.3 Å². The average molecular weight is 376 g/mol. The summed E-state index contributed by atoms with van der Waals surface area (Å²) in [4.78, 5) is 27.0. The van der Waals surface area contributed by atoms with Crippen LogP contribution >= 0.6 is 0 Å². The van der Waals surface area contributed by atoms with Crippen molar-refractivity contribution in [1.29, 1.82) is 0 Å². The zero-order valence-electron chi connectivity index (χ0n) is 17.1. The van der Waals surface area contributed by atoms with Gasteiger partial charge < -0.3 is 19.5 Å². The van der Waals surface area contributed by atoms with Crippen LogP contribution in [0.3, 0.4) is 0 Å². The van der Waals surface area contributed by atoms with E-state index >= 15 is 0 Å². The number of ether oxygens (including phenoxy) is 1. The quantitative estimate of drug-likeness (QED) is 0.560. The van der Waals surface area contributed by atoms with E-state index in [1.54, 1.807) is 13.0 Å². The second-order valence-electron chi connectivity index (χ2n) is 6.95. The molecule has 1 N–H and O–H groups in total. The largest absolute Gasteiger partial charge is 0.462 e. The van der Waals surface area contributed by atoms with Crippen LogP contribution in [0.25, 0.3) is 6.08 Å². The Kier molecular flexibility index (Phi) is 8.10. The summed E-state index contributed by atoms with van der Waals surface area (Å²) in [6.45, 7) is 12.6. The van der Waals surface area contributed by atoms with Crippen LogP contribution in [0.4, 0.5) is 0 Å². The van der Waals surface area contributed by atoms with Crippen molar-refractivity contribution in [2.24, 2.45) is 0 Å². The van der Waals surface area contributed by atoms with Crippen molar-refractivity contribution in [1.82, 2.24) is 14.8 Å². The Bertz CT molecular complexity index is 685. The molecule has 1 fully saturated rings. The topological polar surface area (TPSA) is 63.6 Å². The molecule has 0 saturated carbocycles. The van der Waals surface area contributed by atoms with E-state index in [-0.39, 0.29) is 11.9 Å². The number of nitrogens with one attached hydrogen (secondary N) is 1. The molecule has 27 heavy (non-hydrogen) atoms. The molecular formula is C21H33N3O3. The minimum atomic E-state index is -0.338. The number of esters is 1. The molecule has 0 atom stereocenters. The number of hydrogen-bond acceptors (Lipinski definition) is 4. The van der Waals surface area contributed by atoms with Crippen LogP contribution < -0.4 is 5.32 Å². The molecule has 0 radical (unpaired) electrons. The fourth-order valence-corrected chi connectivity index (χ4v) is 3.79. The second kappa shape index (κ2) is 10.3. The van der Waals surface area contributed by atoms with Crippen LogP contribution in [0, 0.1) is 13.8 Å². The molecule has 150 valence electrons. The highest BCUT2D eigenvalue weighted by Crippen LogP contribution is 2.24. The summed E-state index contributed by atoms with van der Waals surface area (Å²) in [6, 6.07) is 0. The van der Waals surface area contributed by atoms with E-state index in [0.29, 0.717) is 18.7 Å². The maximum absolute atomic E-state index is 12.4. The normalized spacial score (nSPS) is 15.3. The van der Waals surface area contributed by atoms with Crippen molar-refractivity contribution >= 4 is 18.0 Å². The molecule has 0 aromatic carbocycles. The number of hydrogen-bond donors (Lipinski definition) is 1. The van der Waals surface area contributed by atoms with Gasteiger partial charge in [0.25, 0.3) is 0 Å². The SMILES string of the molecule is CCOC(=O)c1c(/C=C/C(=O)NCCN2CCCCC2)c(C)n(CC)c1C. The van der Waals surface area contributed by atoms with Crippen molar-refractivity contribution in [3.63, 3.8) is 0 Å². The second-order valence-corrected chi connectivity index (χ2v) is 6.95. The number of rotatable bonds is 8. The van der Waals surface area contributed by atoms with Crippen LogP contribution in [0.15, 0.2) is 6.08 Å². The van der Waals surface area contributed by atoms with E-state index in [0.717, 1.165) is 43.1 Å². The van der Waals surface area contributed by atoms with Gasteiger partial charge in [0.1, 0.15) is 0 Å². The van der Waals surface area contributed by atoms with Crippen molar-refractivity contribution in [3.05, 3.63) is 28.6 Å². The first kappa shape index (κ1) is 21.2. The van der Waals surface area contributed by atoms with Crippen LogP contribution in [0.1, 0.15) is 60.4 Å². The van der Waals surface area contributed by atoms with E-state index in [1.807, 2.05) is 20.8 Å². The number of carbonyl (C=O) groups is 2. The Balaban J connectivity index is 2.03. The van der Waals surface area contributed by atoms with Crippen molar-refractivity contribution < 1.29 is 14.3 Å². The molecule has 2 heterocycles. The van der Waals surface area contributed by atoms with Gasteiger partial charge in [-0.15, -0.1) is 0 Å². The number of likely N-dealkylation sites (tertiary alicyclic amines) is 1. The molecule has 6 nitrogen and oxygen atoms in total. The van der Waals surface area contributed by atoms with Gasteiger partial charge in [0.2, 0.25) is 5.91 Å². The molecule has 0 aliphatic carbocycles. The summed E-state index contributed by atoms with van der Waals surface area (Å²) >= 11 is 0. The van der Waals surface area contributed by atoms with Gasteiger partial charge in [-0.25, -0.2) is 4.79 Å². The Morgan fingerprint density at radius 2 is 1.81 bits per heavy atom. The number of aromatic nitrogens is 1. The van der Waals surface area contributed by atoms with Crippen molar-refractivity contribution in [3.8, 4) is 0 Å². The third-order valence-corrected chi connectivity index (χ3v) is 5.20. The molecule has 2 rings (SSSR count). The molecule has 6 heteroatoms. The lowest BCUT2D eigenvalue weighted by atomic mass is 10.1. The zero-order valence-corrected chi connectivity index (χ0v) is 17.1. The van der Waals surface area contributed by atoms with Gasteiger partial charge in [-0.05, 0) is 59.7 Å². The van der Waals surface area contributed by atoms with Gasteiger partial charge in [0.15, 0.2) is 0 Å². The summed E-state index contributed by atoms with van der Waals surface area (Å²) in [5.74, 6) is -0.474. The Morgan fingerprint density at radius 3 is 2.44 bits per heavy atom. The Labute approximate surface area is 162 Å². The van der Waals surface area contributed by atoms with E-state index in [9.17, 15) is 9.59 Å².